The van der Waals surface area contributed by atoms with Crippen molar-refractivity contribution in [1.82, 2.24) is 10.6 Å². The van der Waals surface area contributed by atoms with Gasteiger partial charge in [0.2, 0.25) is 0 Å². The molecular weight excluding hydrogens is 306 g/mol. The molecule has 1 amide bonds. The number of alkyl halides is 2. The molecule has 0 aromatic heterocycles. The average molecular weight is 325 g/mol. The lowest BCUT2D eigenvalue weighted by Gasteiger charge is -2.09. The molecule has 3 nitrogen and oxygen atoms in total. The summed E-state index contributed by atoms with van der Waals surface area (Å²) in [7, 11) is 0. The summed E-state index contributed by atoms with van der Waals surface area (Å²) < 4.78 is 24.8. The first kappa shape index (κ1) is 19.1. The number of hydrogen-bond donors (Lipinski definition) is 2. The lowest BCUT2D eigenvalue weighted by molar-refractivity contribution is 0.0951. The van der Waals surface area contributed by atoms with E-state index in [0.717, 1.165) is 13.0 Å². The predicted molar refractivity (Wildman–Crippen MR) is 81.0 cm³/mol. The molecule has 0 aliphatic carbocycles. The van der Waals surface area contributed by atoms with Gasteiger partial charge < -0.3 is 10.6 Å². The van der Waals surface area contributed by atoms with Crippen molar-refractivity contribution in [1.29, 1.82) is 0 Å². The van der Waals surface area contributed by atoms with Gasteiger partial charge in [0.15, 0.2) is 0 Å². The molecule has 7 heteroatoms. The zero-order valence-corrected chi connectivity index (χ0v) is 12.8. The first-order valence-electron chi connectivity index (χ1n) is 6.18. The first-order valence-corrected chi connectivity index (χ1v) is 7.06. The highest BCUT2D eigenvalue weighted by molar-refractivity contribution is 7.99. The van der Waals surface area contributed by atoms with E-state index in [0.29, 0.717) is 35.3 Å². The van der Waals surface area contributed by atoms with Gasteiger partial charge in [-0.05, 0) is 25.1 Å². The van der Waals surface area contributed by atoms with Gasteiger partial charge in [0, 0.05) is 18.0 Å². The lowest BCUT2D eigenvalue weighted by atomic mass is 10.2. The van der Waals surface area contributed by atoms with Crippen LogP contribution in [0.15, 0.2) is 29.2 Å². The van der Waals surface area contributed by atoms with Gasteiger partial charge in [-0.1, -0.05) is 30.8 Å². The maximum atomic E-state index is 12.4. The Balaban J connectivity index is 0.00000361. The predicted octanol–water partition coefficient (Wildman–Crippen LogP) is 3.15. The van der Waals surface area contributed by atoms with Gasteiger partial charge in [-0.2, -0.15) is 8.78 Å². The largest absolute Gasteiger partial charge is 0.351 e. The third-order valence-corrected chi connectivity index (χ3v) is 3.15. The molecule has 0 unspecified atom stereocenters. The molecule has 0 saturated heterocycles. The molecule has 2 N–H and O–H groups in total. The van der Waals surface area contributed by atoms with Crippen LogP contribution in [-0.4, -0.2) is 31.3 Å². The van der Waals surface area contributed by atoms with Crippen LogP contribution in [0.5, 0.6) is 0 Å². The van der Waals surface area contributed by atoms with Crippen LogP contribution >= 0.6 is 24.2 Å². The second-order valence-corrected chi connectivity index (χ2v) is 4.91. The summed E-state index contributed by atoms with van der Waals surface area (Å²) in [6.07, 6.45) is 1.03. The van der Waals surface area contributed by atoms with Gasteiger partial charge in [-0.3, -0.25) is 4.79 Å². The minimum atomic E-state index is -2.53. The fraction of sp³-hybridized carbons (Fsp3) is 0.462. The second kappa shape index (κ2) is 10.9. The van der Waals surface area contributed by atoms with Crippen molar-refractivity contribution in [3.05, 3.63) is 29.8 Å². The summed E-state index contributed by atoms with van der Waals surface area (Å²) in [5, 5.41) is 5.86. The number of carbonyl (C=O) groups excluding carboxylic acids is 1. The summed E-state index contributed by atoms with van der Waals surface area (Å²) in [6, 6.07) is 6.39. The summed E-state index contributed by atoms with van der Waals surface area (Å²) in [5.74, 6) is -2.85. The van der Waals surface area contributed by atoms with Gasteiger partial charge in [0.1, 0.15) is 0 Å². The van der Waals surface area contributed by atoms with E-state index in [9.17, 15) is 13.6 Å². The zero-order valence-electron chi connectivity index (χ0n) is 11.2. The standard InChI is InChI=1S/C13H18F2N2OS.ClH/c1-2-7-16-8-9-17-12(18)10-5-3-4-6-11(10)19-13(14)15;/h3-6,13,16H,2,7-9H2,1H3,(H,17,18);1H. The Morgan fingerprint density at radius 2 is 1.95 bits per heavy atom. The van der Waals surface area contributed by atoms with Crippen LogP contribution in [0.2, 0.25) is 0 Å². The second-order valence-electron chi connectivity index (χ2n) is 3.88. The van der Waals surface area contributed by atoms with Crippen LogP contribution < -0.4 is 10.6 Å². The SMILES string of the molecule is CCCNCCNC(=O)c1ccccc1SC(F)F.Cl. The maximum absolute atomic E-state index is 12.4. The molecule has 0 heterocycles. The molecule has 114 valence electrons. The Labute approximate surface area is 128 Å². The van der Waals surface area contributed by atoms with E-state index in [1.807, 2.05) is 0 Å². The Hall–Kier alpha value is -0.850. The molecule has 0 radical (unpaired) electrons. The Morgan fingerprint density at radius 1 is 1.25 bits per heavy atom. The van der Waals surface area contributed by atoms with Crippen LogP contribution in [0.1, 0.15) is 23.7 Å². The first-order chi connectivity index (χ1) is 9.15. The molecule has 0 aliphatic rings. The number of carbonyl (C=O) groups is 1. The van der Waals surface area contributed by atoms with Gasteiger partial charge in [-0.15, -0.1) is 12.4 Å². The number of amides is 1. The topological polar surface area (TPSA) is 41.1 Å². The average Bonchev–Trinajstić information content (AvgIpc) is 2.38. The van der Waals surface area contributed by atoms with Gasteiger partial charge in [0.05, 0.1) is 5.56 Å². The van der Waals surface area contributed by atoms with E-state index in [1.165, 1.54) is 6.07 Å². The van der Waals surface area contributed by atoms with Crippen LogP contribution in [0, 0.1) is 0 Å². The number of thioether (sulfide) groups is 1. The fourth-order valence-electron chi connectivity index (χ4n) is 1.51. The van der Waals surface area contributed by atoms with Crippen molar-refractivity contribution in [3.63, 3.8) is 0 Å². The summed E-state index contributed by atoms with van der Waals surface area (Å²) in [4.78, 5) is 12.2. The normalized spacial score (nSPS) is 10.2. The number of nitrogens with one attached hydrogen (secondary N) is 2. The summed E-state index contributed by atoms with van der Waals surface area (Å²) in [6.45, 7) is 4.10. The third-order valence-electron chi connectivity index (χ3n) is 2.36. The van der Waals surface area contributed by atoms with Crippen LogP contribution in [0.4, 0.5) is 8.78 Å². The van der Waals surface area contributed by atoms with Crippen molar-refractivity contribution in [2.75, 3.05) is 19.6 Å². The van der Waals surface area contributed by atoms with E-state index in [-0.39, 0.29) is 18.3 Å². The molecule has 0 spiro atoms. The van der Waals surface area contributed by atoms with Crippen LogP contribution in [0.3, 0.4) is 0 Å². The van der Waals surface area contributed by atoms with Crippen molar-refractivity contribution in [2.24, 2.45) is 0 Å². The van der Waals surface area contributed by atoms with Gasteiger partial charge in [0.25, 0.3) is 11.7 Å². The highest BCUT2D eigenvalue weighted by atomic mass is 35.5. The van der Waals surface area contributed by atoms with Gasteiger partial charge >= 0.3 is 0 Å². The van der Waals surface area contributed by atoms with Crippen molar-refractivity contribution in [2.45, 2.75) is 24.0 Å². The molecule has 20 heavy (non-hydrogen) atoms. The minimum absolute atomic E-state index is 0. The zero-order chi connectivity index (χ0) is 14.1. The van der Waals surface area contributed by atoms with Crippen LogP contribution in [0.25, 0.3) is 0 Å². The molecule has 0 bridgehead atoms. The molecule has 0 fully saturated rings. The smallest absolute Gasteiger partial charge is 0.288 e. The fourth-order valence-corrected chi connectivity index (χ4v) is 2.15. The molecule has 1 aromatic carbocycles. The van der Waals surface area contributed by atoms with Crippen molar-refractivity contribution < 1.29 is 13.6 Å². The Kier molecular flexibility index (Phi) is 10.4. The molecular formula is C13H19ClF2N2OS. The molecule has 0 atom stereocenters. The third kappa shape index (κ3) is 7.07. The van der Waals surface area contributed by atoms with Crippen LogP contribution in [-0.2, 0) is 0 Å². The van der Waals surface area contributed by atoms with E-state index in [2.05, 4.69) is 17.6 Å². The molecule has 1 rings (SSSR count). The molecule has 1 aromatic rings. The number of benzene rings is 1. The quantitative estimate of drug-likeness (QED) is 0.570. The summed E-state index contributed by atoms with van der Waals surface area (Å²) >= 11 is 0.391. The van der Waals surface area contributed by atoms with Gasteiger partial charge in [-0.25, -0.2) is 0 Å². The van der Waals surface area contributed by atoms with Crippen molar-refractivity contribution >= 4 is 30.1 Å². The highest BCUT2D eigenvalue weighted by Gasteiger charge is 2.14. The minimum Gasteiger partial charge on any atom is -0.351 e. The number of rotatable bonds is 8. The maximum Gasteiger partial charge on any atom is 0.288 e. The number of hydrogen-bond acceptors (Lipinski definition) is 3. The molecule has 0 saturated carbocycles. The number of halogens is 3. The van der Waals surface area contributed by atoms with Crippen molar-refractivity contribution in [3.8, 4) is 0 Å². The highest BCUT2D eigenvalue weighted by Crippen LogP contribution is 2.28. The summed E-state index contributed by atoms with van der Waals surface area (Å²) in [5.41, 5.74) is 0.295. The van der Waals surface area contributed by atoms with E-state index in [4.69, 9.17) is 0 Å². The monoisotopic (exact) mass is 324 g/mol. The van der Waals surface area contributed by atoms with E-state index in [1.54, 1.807) is 18.2 Å². The molecule has 0 aliphatic heterocycles. The Morgan fingerprint density at radius 3 is 2.60 bits per heavy atom. The van der Waals surface area contributed by atoms with E-state index >= 15 is 0 Å². The lowest BCUT2D eigenvalue weighted by Crippen LogP contribution is -2.32. The Bertz CT molecular complexity index is 408. The van der Waals surface area contributed by atoms with E-state index < -0.39 is 5.76 Å².